The molecule has 0 atom stereocenters. The number of benzene rings is 2. The summed E-state index contributed by atoms with van der Waals surface area (Å²) in [5.41, 5.74) is 2.39. The summed E-state index contributed by atoms with van der Waals surface area (Å²) in [5.74, 6) is 0.463. The zero-order valence-electron chi connectivity index (χ0n) is 13.9. The molecular formula is C20H15NO3S2. The van der Waals surface area contributed by atoms with Crippen molar-refractivity contribution < 1.29 is 14.3 Å². The van der Waals surface area contributed by atoms with Crippen LogP contribution in [0.5, 0.6) is 5.75 Å². The molecule has 2 aromatic rings. The number of nitrogens with one attached hydrogen (secondary N) is 1. The summed E-state index contributed by atoms with van der Waals surface area (Å²) in [6.45, 7) is 0. The van der Waals surface area contributed by atoms with Gasteiger partial charge in [0, 0.05) is 5.56 Å². The van der Waals surface area contributed by atoms with Crippen LogP contribution >= 0.6 is 24.0 Å². The number of thioether (sulfide) groups is 1. The van der Waals surface area contributed by atoms with Crippen LogP contribution in [0.1, 0.15) is 21.5 Å². The van der Waals surface area contributed by atoms with Crippen molar-refractivity contribution >= 4 is 52.1 Å². The van der Waals surface area contributed by atoms with E-state index >= 15 is 0 Å². The highest BCUT2D eigenvalue weighted by molar-refractivity contribution is 8.26. The number of hydrogen-bond acceptors (Lipinski definition) is 5. The first-order chi connectivity index (χ1) is 12.5. The van der Waals surface area contributed by atoms with E-state index in [1.165, 1.54) is 17.8 Å². The van der Waals surface area contributed by atoms with E-state index in [0.717, 1.165) is 11.1 Å². The molecule has 26 heavy (non-hydrogen) atoms. The molecule has 0 bridgehead atoms. The summed E-state index contributed by atoms with van der Waals surface area (Å²) in [6.07, 6.45) is 5.08. The Labute approximate surface area is 160 Å². The fourth-order valence-corrected chi connectivity index (χ4v) is 3.34. The van der Waals surface area contributed by atoms with E-state index in [0.29, 0.717) is 20.5 Å². The molecule has 1 aliphatic rings. The lowest BCUT2D eigenvalue weighted by Gasteiger charge is -2.00. The Hall–Kier alpha value is -2.70. The van der Waals surface area contributed by atoms with Gasteiger partial charge in [-0.05, 0) is 47.5 Å². The van der Waals surface area contributed by atoms with Gasteiger partial charge in [0.15, 0.2) is 5.78 Å². The Kier molecular flexibility index (Phi) is 5.65. The molecule has 4 nitrogen and oxygen atoms in total. The number of rotatable bonds is 5. The fraction of sp³-hybridized carbons (Fsp3) is 0.0500. The second-order valence-corrected chi connectivity index (χ2v) is 7.16. The van der Waals surface area contributed by atoms with E-state index in [1.54, 1.807) is 43.5 Å². The predicted octanol–water partition coefficient (Wildman–Crippen LogP) is 4.08. The van der Waals surface area contributed by atoms with E-state index < -0.39 is 0 Å². The highest BCUT2D eigenvalue weighted by Crippen LogP contribution is 2.26. The van der Waals surface area contributed by atoms with Gasteiger partial charge >= 0.3 is 0 Å². The number of hydrogen-bond donors (Lipinski definition) is 1. The molecule has 1 aliphatic heterocycles. The number of ketones is 1. The van der Waals surface area contributed by atoms with Crippen LogP contribution in [0, 0.1) is 0 Å². The van der Waals surface area contributed by atoms with E-state index in [2.05, 4.69) is 5.32 Å². The first-order valence-electron chi connectivity index (χ1n) is 7.76. The Morgan fingerprint density at radius 2 is 1.73 bits per heavy atom. The third kappa shape index (κ3) is 4.47. The van der Waals surface area contributed by atoms with Crippen LogP contribution in [0.25, 0.3) is 12.2 Å². The Bertz CT molecular complexity index is 913. The minimum Gasteiger partial charge on any atom is -0.497 e. The van der Waals surface area contributed by atoms with Crippen molar-refractivity contribution in [1.29, 1.82) is 0 Å². The number of thiocarbonyl (C=S) groups is 1. The number of methoxy groups -OCH3 is 1. The summed E-state index contributed by atoms with van der Waals surface area (Å²) in [5, 5.41) is 2.58. The molecule has 1 N–H and O–H groups in total. The molecule has 1 amide bonds. The van der Waals surface area contributed by atoms with Crippen molar-refractivity contribution in [2.24, 2.45) is 0 Å². The molecule has 2 aromatic carbocycles. The van der Waals surface area contributed by atoms with Crippen molar-refractivity contribution in [1.82, 2.24) is 5.32 Å². The largest absolute Gasteiger partial charge is 0.497 e. The SMILES string of the molecule is COc1ccc(C(=O)C=Cc2ccc(C=C3SC(=S)NC3=O)cc2)cc1. The third-order valence-corrected chi connectivity index (χ3v) is 4.84. The van der Waals surface area contributed by atoms with Crippen LogP contribution in [0.2, 0.25) is 0 Å². The van der Waals surface area contributed by atoms with E-state index in [4.69, 9.17) is 17.0 Å². The molecule has 130 valence electrons. The van der Waals surface area contributed by atoms with Gasteiger partial charge in [0.2, 0.25) is 0 Å². The van der Waals surface area contributed by atoms with Crippen LogP contribution in [-0.2, 0) is 4.79 Å². The maximum absolute atomic E-state index is 12.2. The van der Waals surface area contributed by atoms with E-state index in [1.807, 2.05) is 24.3 Å². The van der Waals surface area contributed by atoms with Crippen LogP contribution in [0.3, 0.4) is 0 Å². The van der Waals surface area contributed by atoms with E-state index in [-0.39, 0.29) is 11.7 Å². The summed E-state index contributed by atoms with van der Waals surface area (Å²) >= 11 is 6.22. The van der Waals surface area contributed by atoms with Gasteiger partial charge in [-0.1, -0.05) is 54.3 Å². The molecule has 1 saturated heterocycles. The second kappa shape index (κ2) is 8.12. The minimum absolute atomic E-state index is 0.0774. The van der Waals surface area contributed by atoms with Gasteiger partial charge in [0.25, 0.3) is 5.91 Å². The number of carbonyl (C=O) groups is 2. The number of amides is 1. The first kappa shape index (κ1) is 18.1. The van der Waals surface area contributed by atoms with Gasteiger partial charge in [0.1, 0.15) is 10.1 Å². The van der Waals surface area contributed by atoms with Crippen molar-refractivity contribution in [2.45, 2.75) is 0 Å². The van der Waals surface area contributed by atoms with Crippen molar-refractivity contribution in [3.63, 3.8) is 0 Å². The summed E-state index contributed by atoms with van der Waals surface area (Å²) in [6, 6.07) is 14.5. The van der Waals surface area contributed by atoms with Crippen molar-refractivity contribution in [2.75, 3.05) is 7.11 Å². The fourth-order valence-electron chi connectivity index (χ4n) is 2.30. The molecule has 0 radical (unpaired) electrons. The van der Waals surface area contributed by atoms with Gasteiger partial charge in [-0.2, -0.15) is 0 Å². The zero-order valence-corrected chi connectivity index (χ0v) is 15.5. The van der Waals surface area contributed by atoms with Crippen LogP contribution < -0.4 is 10.1 Å². The maximum atomic E-state index is 12.2. The number of ether oxygens (including phenoxy) is 1. The van der Waals surface area contributed by atoms with Gasteiger partial charge in [0.05, 0.1) is 12.0 Å². The molecule has 1 heterocycles. The molecule has 0 aliphatic carbocycles. The van der Waals surface area contributed by atoms with Crippen LogP contribution in [0.4, 0.5) is 0 Å². The molecular weight excluding hydrogens is 366 g/mol. The summed E-state index contributed by atoms with van der Waals surface area (Å²) < 4.78 is 5.55. The zero-order chi connectivity index (χ0) is 18.5. The highest BCUT2D eigenvalue weighted by atomic mass is 32.2. The molecule has 3 rings (SSSR count). The second-order valence-electron chi connectivity index (χ2n) is 5.44. The molecule has 1 fully saturated rings. The maximum Gasteiger partial charge on any atom is 0.263 e. The molecule has 0 unspecified atom stereocenters. The quantitative estimate of drug-likeness (QED) is 0.480. The predicted molar refractivity (Wildman–Crippen MR) is 109 cm³/mol. The topological polar surface area (TPSA) is 55.4 Å². The Morgan fingerprint density at radius 3 is 2.31 bits per heavy atom. The third-order valence-electron chi connectivity index (χ3n) is 3.68. The van der Waals surface area contributed by atoms with Crippen LogP contribution in [0.15, 0.2) is 59.5 Å². The summed E-state index contributed by atoms with van der Waals surface area (Å²) in [7, 11) is 1.59. The molecule has 0 saturated carbocycles. The lowest BCUT2D eigenvalue weighted by Crippen LogP contribution is -2.17. The van der Waals surface area contributed by atoms with Gasteiger partial charge in [-0.15, -0.1) is 0 Å². The van der Waals surface area contributed by atoms with Gasteiger partial charge < -0.3 is 10.1 Å². The van der Waals surface area contributed by atoms with E-state index in [9.17, 15) is 9.59 Å². The lowest BCUT2D eigenvalue weighted by atomic mass is 10.1. The minimum atomic E-state index is -0.172. The van der Waals surface area contributed by atoms with Crippen molar-refractivity contribution in [3.8, 4) is 5.75 Å². The van der Waals surface area contributed by atoms with Gasteiger partial charge in [-0.25, -0.2) is 0 Å². The average molecular weight is 381 g/mol. The van der Waals surface area contributed by atoms with Crippen molar-refractivity contribution in [3.05, 3.63) is 76.2 Å². The number of carbonyl (C=O) groups excluding carboxylic acids is 2. The standard InChI is InChI=1S/C20H15NO3S2/c1-24-16-9-7-15(8-10-16)17(22)11-6-13-2-4-14(5-3-13)12-18-19(23)21-20(25)26-18/h2-12H,1H3,(H,21,23,25). The monoisotopic (exact) mass is 381 g/mol. The highest BCUT2D eigenvalue weighted by Gasteiger charge is 2.21. The van der Waals surface area contributed by atoms with Crippen LogP contribution in [-0.4, -0.2) is 23.1 Å². The smallest absolute Gasteiger partial charge is 0.263 e. The normalized spacial score (nSPS) is 15.5. The Morgan fingerprint density at radius 1 is 1.08 bits per heavy atom. The van der Waals surface area contributed by atoms with Gasteiger partial charge in [-0.3, -0.25) is 9.59 Å². The molecule has 6 heteroatoms. The molecule has 0 spiro atoms. The lowest BCUT2D eigenvalue weighted by molar-refractivity contribution is -0.115. The first-order valence-corrected chi connectivity index (χ1v) is 8.99. The summed E-state index contributed by atoms with van der Waals surface area (Å²) in [4.78, 5) is 24.4. The average Bonchev–Trinajstić information content (AvgIpc) is 2.98. The number of allylic oxidation sites excluding steroid dienone is 1. The Balaban J connectivity index is 1.67. The molecule has 0 aromatic heterocycles.